The third-order valence-corrected chi connectivity index (χ3v) is 15.3. The van der Waals surface area contributed by atoms with Crippen LogP contribution in [0.3, 0.4) is 0 Å². The second kappa shape index (κ2) is 21.0. The fraction of sp³-hybridized carbons (Fsp3) is 0.745. The molecular weight excluding hydrogens is 865 g/mol. The van der Waals surface area contributed by atoms with Crippen LogP contribution in [0, 0.1) is 35.0 Å². The van der Waals surface area contributed by atoms with Gasteiger partial charge in [0.05, 0.1) is 49.3 Å². The summed E-state index contributed by atoms with van der Waals surface area (Å²) >= 11 is 0. The summed E-state index contributed by atoms with van der Waals surface area (Å²) in [5.41, 5.74) is -1.35. The number of allylic oxidation sites excluding steroid dienone is 2. The van der Waals surface area contributed by atoms with Crippen LogP contribution in [0.1, 0.15) is 101 Å². The molecule has 372 valence electrons. The molecule has 16 heteroatoms. The first kappa shape index (κ1) is 51.5. The van der Waals surface area contributed by atoms with Crippen molar-refractivity contribution in [3.63, 3.8) is 0 Å². The SMILES string of the molecule is CCC(C)[C@H]1O[C@]2(C=C[C@@H]1C)C[C@@H]1C[C@@H](C/C=C(\C)[C@@H](OC3C[C@H](OC)[C@@H](OC4C[C@H](OC)[C@](C#N)(NC(C)=O)[C@H](C)O4)[C@H](C)O3)C(C)/C=C/C=C3\COC4[C@H](O)C(C)=C[C@@H](C(=O)O1)[C@]34O)O2. The maximum Gasteiger partial charge on any atom is 0.316 e. The molecule has 1 aliphatic carbocycles. The summed E-state index contributed by atoms with van der Waals surface area (Å²) in [5.74, 6) is -3.07. The Labute approximate surface area is 395 Å². The average Bonchev–Trinajstić information content (AvgIpc) is 3.63. The van der Waals surface area contributed by atoms with Crippen LogP contribution in [0.2, 0.25) is 0 Å². The van der Waals surface area contributed by atoms with E-state index in [1.165, 1.54) is 14.0 Å². The van der Waals surface area contributed by atoms with E-state index in [0.717, 1.165) is 12.0 Å². The van der Waals surface area contributed by atoms with Crippen molar-refractivity contribution >= 4 is 11.9 Å². The molecule has 3 N–H and O–H groups in total. The zero-order valence-corrected chi connectivity index (χ0v) is 41.0. The maximum atomic E-state index is 14.4. The van der Waals surface area contributed by atoms with Crippen molar-refractivity contribution in [1.29, 1.82) is 5.26 Å². The van der Waals surface area contributed by atoms with Crippen LogP contribution in [0.5, 0.6) is 0 Å². The minimum Gasteiger partial charge on any atom is -0.462 e. The number of nitrogens with zero attached hydrogens (tertiary/aromatic N) is 1. The van der Waals surface area contributed by atoms with Crippen LogP contribution in [0.15, 0.2) is 59.3 Å². The molecule has 0 radical (unpaired) electrons. The number of ether oxygens (including phenoxy) is 10. The second-order valence-electron chi connectivity index (χ2n) is 20.0. The Morgan fingerprint density at radius 3 is 2.43 bits per heavy atom. The highest BCUT2D eigenvalue weighted by atomic mass is 16.7. The molecule has 0 aromatic rings. The highest BCUT2D eigenvalue weighted by molar-refractivity contribution is 5.78. The largest absolute Gasteiger partial charge is 0.462 e. The molecular formula is C51H74N2O14. The number of fused-ring (bicyclic) bond motifs is 2. The summed E-state index contributed by atoms with van der Waals surface area (Å²) in [4.78, 5) is 26.5. The van der Waals surface area contributed by atoms with Crippen LogP contribution >= 0.6 is 0 Å². The summed E-state index contributed by atoms with van der Waals surface area (Å²) < 4.78 is 64.3. The molecule has 16 nitrogen and oxygen atoms in total. The number of nitrogens with one attached hydrogen (secondary N) is 1. The van der Waals surface area contributed by atoms with Gasteiger partial charge in [0.25, 0.3) is 0 Å². The number of hydrogen-bond acceptors (Lipinski definition) is 15. The molecule has 4 fully saturated rings. The predicted molar refractivity (Wildman–Crippen MR) is 243 cm³/mol. The molecule has 7 rings (SSSR count). The second-order valence-corrected chi connectivity index (χ2v) is 20.0. The lowest BCUT2D eigenvalue weighted by atomic mass is 9.71. The molecule has 6 heterocycles. The Balaban J connectivity index is 1.16. The summed E-state index contributed by atoms with van der Waals surface area (Å²) in [7, 11) is 3.11. The number of carbonyl (C=O) groups is 2. The molecule has 2 bridgehead atoms. The number of rotatable bonds is 9. The van der Waals surface area contributed by atoms with Gasteiger partial charge in [0.2, 0.25) is 5.91 Å². The van der Waals surface area contributed by atoms with Crippen LogP contribution in [-0.4, -0.2) is 140 Å². The molecule has 0 aromatic heterocycles. The lowest BCUT2D eigenvalue weighted by Gasteiger charge is -2.48. The number of carbonyl (C=O) groups excluding carboxylic acids is 2. The zero-order valence-electron chi connectivity index (χ0n) is 41.0. The standard InChI is InChI=1S/C51H74N2O14/c1-12-27(2)45-30(5)18-19-49(67-45)24-37-21-36(66-49)17-16-29(4)44(28(3)14-13-15-35-25-60-47-43(55)31(6)20-38(48(56)63-37)51(35,47)57)64-41-22-39(58-10)46(32(7)61-41)65-42-23-40(59-11)50(26-52,33(8)62-42)53-34(9)54/h13-16,18-20,27-28,30,32-33,36-47,55,57H,12,17,21-25H2,1-11H3,(H,53,54)/b14-13+,29-16+,35-15+/t27?,28?,30-,32-,33-,36+,37-,38-,39-,40-,41?,42?,43+,44-,45+,46-,47?,49+,50+,51+/m0/s1. The Morgan fingerprint density at radius 1 is 1.00 bits per heavy atom. The average molecular weight is 939 g/mol. The first-order valence-electron chi connectivity index (χ1n) is 24.2. The normalized spacial score (nSPS) is 47.2. The van der Waals surface area contributed by atoms with Gasteiger partial charge in [-0.05, 0) is 62.8 Å². The highest BCUT2D eigenvalue weighted by Gasteiger charge is 2.60. The minimum absolute atomic E-state index is 0.0118. The number of esters is 1. The summed E-state index contributed by atoms with van der Waals surface area (Å²) in [6.07, 6.45) is 7.63. The quantitative estimate of drug-likeness (QED) is 0.195. The topological polar surface area (TPSA) is 203 Å². The van der Waals surface area contributed by atoms with Gasteiger partial charge in [0, 0.05) is 58.7 Å². The van der Waals surface area contributed by atoms with Gasteiger partial charge in [-0.2, -0.15) is 5.26 Å². The van der Waals surface area contributed by atoms with Gasteiger partial charge in [0.15, 0.2) is 23.9 Å². The van der Waals surface area contributed by atoms with Gasteiger partial charge in [-0.1, -0.05) is 70.6 Å². The molecule has 67 heavy (non-hydrogen) atoms. The van der Waals surface area contributed by atoms with Gasteiger partial charge in [0.1, 0.15) is 42.0 Å². The molecule has 0 aromatic carbocycles. The van der Waals surface area contributed by atoms with Gasteiger partial charge in [-0.25, -0.2) is 0 Å². The van der Waals surface area contributed by atoms with E-state index in [4.69, 9.17) is 47.4 Å². The van der Waals surface area contributed by atoms with Crippen molar-refractivity contribution in [1.82, 2.24) is 5.32 Å². The molecule has 4 saturated heterocycles. The van der Waals surface area contributed by atoms with E-state index in [0.29, 0.717) is 30.4 Å². The first-order chi connectivity index (χ1) is 31.8. The van der Waals surface area contributed by atoms with E-state index < -0.39 is 102 Å². The fourth-order valence-electron chi connectivity index (χ4n) is 11.3. The van der Waals surface area contributed by atoms with E-state index in [-0.39, 0.29) is 49.2 Å². The third kappa shape index (κ3) is 10.3. The third-order valence-electron chi connectivity index (χ3n) is 15.3. The molecule has 1 spiro atoms. The molecule has 0 saturated carbocycles. The summed E-state index contributed by atoms with van der Waals surface area (Å²) in [6.45, 7) is 17.2. The van der Waals surface area contributed by atoms with Crippen molar-refractivity contribution in [3.8, 4) is 6.07 Å². The van der Waals surface area contributed by atoms with Crippen molar-refractivity contribution in [2.75, 3.05) is 20.8 Å². The van der Waals surface area contributed by atoms with Crippen molar-refractivity contribution < 1.29 is 67.2 Å². The van der Waals surface area contributed by atoms with Crippen molar-refractivity contribution in [2.24, 2.45) is 23.7 Å². The molecule has 5 unspecified atom stereocenters. The van der Waals surface area contributed by atoms with Crippen LogP contribution in [0.4, 0.5) is 0 Å². The lowest BCUT2D eigenvalue weighted by molar-refractivity contribution is -0.315. The van der Waals surface area contributed by atoms with Crippen molar-refractivity contribution in [3.05, 3.63) is 59.3 Å². The smallest absolute Gasteiger partial charge is 0.316 e. The molecule has 6 aliphatic heterocycles. The zero-order chi connectivity index (χ0) is 48.6. The molecule has 7 aliphatic rings. The molecule has 20 atom stereocenters. The van der Waals surface area contributed by atoms with E-state index >= 15 is 0 Å². The van der Waals surface area contributed by atoms with E-state index in [2.05, 4.69) is 44.3 Å². The summed E-state index contributed by atoms with van der Waals surface area (Å²) in [5, 5.41) is 36.7. The first-order valence-corrected chi connectivity index (χ1v) is 24.2. The number of aliphatic hydroxyl groups is 2. The molecule has 1 amide bonds. The minimum atomic E-state index is -1.86. The van der Waals surface area contributed by atoms with E-state index in [1.54, 1.807) is 33.1 Å². The van der Waals surface area contributed by atoms with E-state index in [1.807, 2.05) is 39.0 Å². The van der Waals surface area contributed by atoms with Gasteiger partial charge >= 0.3 is 5.97 Å². The van der Waals surface area contributed by atoms with Crippen LogP contribution in [-0.2, 0) is 57.0 Å². The maximum absolute atomic E-state index is 14.4. The Bertz CT molecular complexity index is 2000. The number of methoxy groups -OCH3 is 2. The van der Waals surface area contributed by atoms with E-state index in [9.17, 15) is 25.1 Å². The lowest BCUT2D eigenvalue weighted by Crippen LogP contribution is -2.67. The Kier molecular flexibility index (Phi) is 16.1. The van der Waals surface area contributed by atoms with Gasteiger partial charge in [-0.15, -0.1) is 0 Å². The summed E-state index contributed by atoms with van der Waals surface area (Å²) in [6, 6.07) is 2.22. The number of hydrogen-bond donors (Lipinski definition) is 3. The monoisotopic (exact) mass is 939 g/mol. The van der Waals surface area contributed by atoms with Crippen LogP contribution < -0.4 is 5.32 Å². The predicted octanol–water partition coefficient (Wildman–Crippen LogP) is 5.41. The Hall–Kier alpha value is -3.31. The van der Waals surface area contributed by atoms with Crippen molar-refractivity contribution in [2.45, 2.75) is 197 Å². The van der Waals surface area contributed by atoms with Crippen LogP contribution in [0.25, 0.3) is 0 Å². The number of amides is 1. The highest BCUT2D eigenvalue weighted by Crippen LogP contribution is 2.47. The fourth-order valence-corrected chi connectivity index (χ4v) is 11.3. The number of nitriles is 1. The number of aliphatic hydroxyl groups excluding tert-OH is 1. The van der Waals surface area contributed by atoms with Gasteiger partial charge in [-0.3, -0.25) is 9.59 Å². The Morgan fingerprint density at radius 2 is 1.75 bits per heavy atom. The van der Waals surface area contributed by atoms with Gasteiger partial charge < -0.3 is 62.9 Å².